The molecule has 2 atom stereocenters. The number of nitrogens with one attached hydrogen (secondary N) is 1. The Morgan fingerprint density at radius 1 is 1.48 bits per heavy atom. The molecule has 0 bridgehead atoms. The molecule has 1 aromatic rings. The van der Waals surface area contributed by atoms with Crippen LogP contribution in [-0.4, -0.2) is 29.8 Å². The van der Waals surface area contributed by atoms with Crippen molar-refractivity contribution in [1.82, 2.24) is 5.32 Å². The van der Waals surface area contributed by atoms with Gasteiger partial charge in [-0.3, -0.25) is 4.79 Å². The molecule has 0 aliphatic carbocycles. The zero-order valence-electron chi connectivity index (χ0n) is 12.5. The van der Waals surface area contributed by atoms with Crippen molar-refractivity contribution in [2.24, 2.45) is 0 Å². The SMILES string of the molecule is CC(NC(=O)C1(C)CCCO1)c1ccc(C#CCO)cc1. The highest BCUT2D eigenvalue weighted by atomic mass is 16.5. The van der Waals surface area contributed by atoms with Crippen LogP contribution in [0, 0.1) is 11.8 Å². The van der Waals surface area contributed by atoms with E-state index in [1.807, 2.05) is 38.1 Å². The predicted molar refractivity (Wildman–Crippen MR) is 80.6 cm³/mol. The number of ether oxygens (including phenoxy) is 1. The van der Waals surface area contributed by atoms with E-state index >= 15 is 0 Å². The molecule has 0 saturated carbocycles. The number of benzene rings is 1. The summed E-state index contributed by atoms with van der Waals surface area (Å²) in [5, 5.41) is 11.7. The van der Waals surface area contributed by atoms with Crippen LogP contribution in [0.1, 0.15) is 43.9 Å². The summed E-state index contributed by atoms with van der Waals surface area (Å²) < 4.78 is 5.55. The molecule has 1 heterocycles. The third-order valence-electron chi connectivity index (χ3n) is 3.77. The molecule has 2 rings (SSSR count). The number of hydrogen-bond acceptors (Lipinski definition) is 3. The molecule has 0 radical (unpaired) electrons. The average Bonchev–Trinajstić information content (AvgIpc) is 2.94. The van der Waals surface area contributed by atoms with Gasteiger partial charge in [-0.2, -0.15) is 0 Å². The Morgan fingerprint density at radius 3 is 2.76 bits per heavy atom. The molecule has 0 aromatic heterocycles. The van der Waals surface area contributed by atoms with E-state index in [1.54, 1.807) is 0 Å². The van der Waals surface area contributed by atoms with Crippen molar-refractivity contribution in [3.63, 3.8) is 0 Å². The smallest absolute Gasteiger partial charge is 0.252 e. The largest absolute Gasteiger partial charge is 0.384 e. The van der Waals surface area contributed by atoms with Crippen molar-refractivity contribution >= 4 is 5.91 Å². The van der Waals surface area contributed by atoms with Crippen LogP contribution in [0.2, 0.25) is 0 Å². The van der Waals surface area contributed by atoms with Gasteiger partial charge >= 0.3 is 0 Å². The fourth-order valence-electron chi connectivity index (χ4n) is 2.39. The predicted octanol–water partition coefficient (Wildman–Crippen LogP) is 1.78. The standard InChI is InChI=1S/C17H21NO3/c1-13(18-16(20)17(2)10-4-12-21-17)15-8-6-14(7-9-15)5-3-11-19/h6-9,13,19H,4,10-12H2,1-2H3,(H,18,20). The molecule has 4 nitrogen and oxygen atoms in total. The molecule has 21 heavy (non-hydrogen) atoms. The number of aliphatic hydroxyl groups excluding tert-OH is 1. The maximum absolute atomic E-state index is 12.3. The number of carbonyl (C=O) groups excluding carboxylic acids is 1. The minimum atomic E-state index is -0.694. The minimum Gasteiger partial charge on any atom is -0.384 e. The van der Waals surface area contributed by atoms with Gasteiger partial charge < -0.3 is 15.2 Å². The first-order valence-corrected chi connectivity index (χ1v) is 7.20. The average molecular weight is 287 g/mol. The maximum Gasteiger partial charge on any atom is 0.252 e. The van der Waals surface area contributed by atoms with Crippen molar-refractivity contribution in [2.45, 2.75) is 38.3 Å². The van der Waals surface area contributed by atoms with Crippen molar-refractivity contribution in [2.75, 3.05) is 13.2 Å². The van der Waals surface area contributed by atoms with Gasteiger partial charge in [-0.15, -0.1) is 0 Å². The zero-order chi connectivity index (χ0) is 15.3. The van der Waals surface area contributed by atoms with Gasteiger partial charge in [0.2, 0.25) is 0 Å². The molecular formula is C17H21NO3. The first kappa shape index (κ1) is 15.6. The molecule has 1 saturated heterocycles. The Kier molecular flexibility index (Phi) is 5.00. The maximum atomic E-state index is 12.3. The first-order chi connectivity index (χ1) is 10.0. The summed E-state index contributed by atoms with van der Waals surface area (Å²) in [4.78, 5) is 12.3. The lowest BCUT2D eigenvalue weighted by molar-refractivity contribution is -0.140. The molecule has 2 unspecified atom stereocenters. The van der Waals surface area contributed by atoms with Crippen LogP contribution in [0.15, 0.2) is 24.3 Å². The van der Waals surface area contributed by atoms with Crippen LogP contribution < -0.4 is 5.32 Å². The van der Waals surface area contributed by atoms with E-state index in [0.29, 0.717) is 6.61 Å². The molecule has 2 N–H and O–H groups in total. The Hall–Kier alpha value is -1.83. The monoisotopic (exact) mass is 287 g/mol. The lowest BCUT2D eigenvalue weighted by Crippen LogP contribution is -2.44. The van der Waals surface area contributed by atoms with Gasteiger partial charge in [0.25, 0.3) is 5.91 Å². The topological polar surface area (TPSA) is 58.6 Å². The van der Waals surface area contributed by atoms with Gasteiger partial charge in [-0.25, -0.2) is 0 Å². The van der Waals surface area contributed by atoms with Crippen molar-refractivity contribution in [1.29, 1.82) is 0 Å². The third-order valence-corrected chi connectivity index (χ3v) is 3.77. The quantitative estimate of drug-likeness (QED) is 0.833. The second-order valence-corrected chi connectivity index (χ2v) is 5.46. The number of hydrogen-bond donors (Lipinski definition) is 2. The van der Waals surface area contributed by atoms with E-state index in [1.165, 1.54) is 0 Å². The summed E-state index contributed by atoms with van der Waals surface area (Å²) in [6.45, 7) is 4.30. The summed E-state index contributed by atoms with van der Waals surface area (Å²) in [6.07, 6.45) is 1.69. The highest BCUT2D eigenvalue weighted by Crippen LogP contribution is 2.26. The van der Waals surface area contributed by atoms with Crippen LogP contribution in [0.25, 0.3) is 0 Å². The summed E-state index contributed by atoms with van der Waals surface area (Å²) in [5.41, 5.74) is 1.16. The summed E-state index contributed by atoms with van der Waals surface area (Å²) >= 11 is 0. The van der Waals surface area contributed by atoms with E-state index in [2.05, 4.69) is 17.2 Å². The van der Waals surface area contributed by atoms with E-state index < -0.39 is 5.60 Å². The molecule has 1 aliphatic rings. The van der Waals surface area contributed by atoms with Gasteiger partial charge in [0.05, 0.1) is 6.04 Å². The number of rotatable bonds is 3. The minimum absolute atomic E-state index is 0.0587. The number of amides is 1. The molecule has 1 amide bonds. The van der Waals surface area contributed by atoms with E-state index in [-0.39, 0.29) is 18.6 Å². The first-order valence-electron chi connectivity index (χ1n) is 7.20. The molecule has 1 aromatic carbocycles. The molecule has 0 spiro atoms. The van der Waals surface area contributed by atoms with Gasteiger partial charge in [-0.1, -0.05) is 24.0 Å². The molecular weight excluding hydrogens is 266 g/mol. The van der Waals surface area contributed by atoms with Gasteiger partial charge in [0.1, 0.15) is 12.2 Å². The summed E-state index contributed by atoms with van der Waals surface area (Å²) in [7, 11) is 0. The van der Waals surface area contributed by atoms with Crippen LogP contribution >= 0.6 is 0 Å². The van der Waals surface area contributed by atoms with Crippen LogP contribution in [0.5, 0.6) is 0 Å². The molecule has 112 valence electrons. The van der Waals surface area contributed by atoms with E-state index in [0.717, 1.165) is 24.0 Å². The van der Waals surface area contributed by atoms with Crippen molar-refractivity contribution in [3.8, 4) is 11.8 Å². The second kappa shape index (κ2) is 6.75. The van der Waals surface area contributed by atoms with Crippen LogP contribution in [0.3, 0.4) is 0 Å². The molecule has 1 aliphatic heterocycles. The highest BCUT2D eigenvalue weighted by Gasteiger charge is 2.38. The van der Waals surface area contributed by atoms with Crippen molar-refractivity contribution < 1.29 is 14.6 Å². The Labute approximate surface area is 125 Å². The van der Waals surface area contributed by atoms with Gasteiger partial charge in [-0.05, 0) is 44.4 Å². The van der Waals surface area contributed by atoms with Gasteiger partial charge in [0.15, 0.2) is 0 Å². The molecule has 1 fully saturated rings. The summed E-state index contributed by atoms with van der Waals surface area (Å²) in [6, 6.07) is 7.55. The summed E-state index contributed by atoms with van der Waals surface area (Å²) in [5.74, 6) is 5.39. The fraction of sp³-hybridized carbons (Fsp3) is 0.471. The molecule has 4 heteroatoms. The zero-order valence-corrected chi connectivity index (χ0v) is 12.5. The highest BCUT2D eigenvalue weighted by molar-refractivity contribution is 5.85. The van der Waals surface area contributed by atoms with Crippen LogP contribution in [0.4, 0.5) is 0 Å². The second-order valence-electron chi connectivity index (χ2n) is 5.46. The lowest BCUT2D eigenvalue weighted by Gasteiger charge is -2.25. The Morgan fingerprint density at radius 2 is 2.19 bits per heavy atom. The fourth-order valence-corrected chi connectivity index (χ4v) is 2.39. The Bertz CT molecular complexity index is 548. The van der Waals surface area contributed by atoms with Crippen LogP contribution in [-0.2, 0) is 9.53 Å². The van der Waals surface area contributed by atoms with E-state index in [4.69, 9.17) is 9.84 Å². The number of aliphatic hydroxyl groups is 1. The lowest BCUT2D eigenvalue weighted by atomic mass is 10.00. The van der Waals surface area contributed by atoms with E-state index in [9.17, 15) is 4.79 Å². The van der Waals surface area contributed by atoms with Crippen molar-refractivity contribution in [3.05, 3.63) is 35.4 Å². The number of carbonyl (C=O) groups is 1. The normalized spacial score (nSPS) is 22.2. The Balaban J connectivity index is 1.99. The van der Waals surface area contributed by atoms with Gasteiger partial charge in [0, 0.05) is 12.2 Å². The third kappa shape index (κ3) is 3.84.